The average molecular weight is 329 g/mol. The second-order valence-electron chi connectivity index (χ2n) is 6.95. The van der Waals surface area contributed by atoms with Crippen molar-refractivity contribution < 1.29 is 15.0 Å². The van der Waals surface area contributed by atoms with Crippen LogP contribution in [0.1, 0.15) is 116 Å². The van der Waals surface area contributed by atoms with Crippen molar-refractivity contribution in [3.63, 3.8) is 0 Å². The maximum absolute atomic E-state index is 10.4. The van der Waals surface area contributed by atoms with Gasteiger partial charge in [0.1, 0.15) is 0 Å². The molecule has 0 aromatic heterocycles. The molecule has 0 fully saturated rings. The molecule has 0 aromatic carbocycles. The molecule has 0 aliphatic carbocycles. The summed E-state index contributed by atoms with van der Waals surface area (Å²) in [6.07, 6.45) is 20.2. The van der Waals surface area contributed by atoms with Crippen molar-refractivity contribution in [3.05, 3.63) is 0 Å². The Bertz CT molecular complexity index is 253. The zero-order chi connectivity index (χ0) is 17.2. The predicted octanol–water partition coefficient (Wildman–Crippen LogP) is 6.08. The fourth-order valence-corrected chi connectivity index (χ4v) is 3.01. The highest BCUT2D eigenvalue weighted by molar-refractivity contribution is 5.71. The van der Waals surface area contributed by atoms with E-state index in [1.165, 1.54) is 89.9 Å². The minimum atomic E-state index is -1.17. The summed E-state index contributed by atoms with van der Waals surface area (Å²) < 4.78 is 0. The molecule has 0 amide bonds. The molecular formula is C20H40O3. The molecule has 0 aliphatic heterocycles. The average Bonchev–Trinajstić information content (AvgIpc) is 2.54. The van der Waals surface area contributed by atoms with E-state index in [0.29, 0.717) is 6.42 Å². The van der Waals surface area contributed by atoms with E-state index < -0.39 is 12.1 Å². The van der Waals surface area contributed by atoms with Gasteiger partial charge in [-0.05, 0) is 6.42 Å². The Morgan fingerprint density at radius 1 is 0.652 bits per heavy atom. The van der Waals surface area contributed by atoms with Crippen LogP contribution >= 0.6 is 0 Å². The van der Waals surface area contributed by atoms with Crippen molar-refractivity contribution in [2.75, 3.05) is 0 Å². The summed E-state index contributed by atoms with van der Waals surface area (Å²) in [7, 11) is 0. The minimum Gasteiger partial charge on any atom is -0.479 e. The van der Waals surface area contributed by atoms with E-state index in [1.807, 2.05) is 0 Å². The van der Waals surface area contributed by atoms with Gasteiger partial charge in [-0.1, -0.05) is 110 Å². The number of carbonyl (C=O) groups is 1. The molecule has 3 heteroatoms. The third-order valence-corrected chi connectivity index (χ3v) is 4.62. The highest BCUT2D eigenvalue weighted by atomic mass is 16.4. The maximum Gasteiger partial charge on any atom is 0.332 e. The second-order valence-corrected chi connectivity index (χ2v) is 6.95. The summed E-state index contributed by atoms with van der Waals surface area (Å²) in [4.78, 5) is 10.4. The van der Waals surface area contributed by atoms with E-state index in [9.17, 15) is 4.79 Å². The van der Waals surface area contributed by atoms with Crippen LogP contribution in [-0.2, 0) is 4.79 Å². The van der Waals surface area contributed by atoms with E-state index >= 15 is 0 Å². The second kappa shape index (κ2) is 17.8. The molecule has 0 spiro atoms. The quantitative estimate of drug-likeness (QED) is 0.300. The van der Waals surface area contributed by atoms with Gasteiger partial charge in [-0.25, -0.2) is 4.79 Å². The minimum absolute atomic E-state index is 0.397. The van der Waals surface area contributed by atoms with Gasteiger partial charge in [-0.15, -0.1) is 0 Å². The predicted molar refractivity (Wildman–Crippen MR) is 97.8 cm³/mol. The molecule has 2 N–H and O–H groups in total. The monoisotopic (exact) mass is 328 g/mol. The molecule has 1 atom stereocenters. The number of aliphatic hydroxyl groups excluding tert-OH is 1. The molecule has 138 valence electrons. The van der Waals surface area contributed by atoms with Crippen LogP contribution in [0.2, 0.25) is 0 Å². The standard InChI is InChI=1S/C20H40O3/c1-2-3-4-5-6-7-8-9-10-11-12-13-14-15-16-17-18-19(21)20(22)23/h19,21H,2-18H2,1H3,(H,22,23). The van der Waals surface area contributed by atoms with Crippen molar-refractivity contribution in [2.45, 2.75) is 122 Å². The number of rotatable bonds is 18. The van der Waals surface area contributed by atoms with Gasteiger partial charge in [0.05, 0.1) is 0 Å². The Labute approximate surface area is 143 Å². The molecule has 1 unspecified atom stereocenters. The third kappa shape index (κ3) is 17.6. The summed E-state index contributed by atoms with van der Waals surface area (Å²) in [6, 6.07) is 0. The van der Waals surface area contributed by atoms with Crippen molar-refractivity contribution in [3.8, 4) is 0 Å². The molecule has 3 nitrogen and oxygen atoms in total. The molecule has 0 heterocycles. The van der Waals surface area contributed by atoms with Gasteiger partial charge in [0, 0.05) is 0 Å². The van der Waals surface area contributed by atoms with Crippen molar-refractivity contribution in [2.24, 2.45) is 0 Å². The molecule has 0 saturated carbocycles. The van der Waals surface area contributed by atoms with E-state index in [4.69, 9.17) is 10.2 Å². The molecule has 0 aromatic rings. The first-order valence-corrected chi connectivity index (χ1v) is 10.1. The number of carboxylic acids is 1. The van der Waals surface area contributed by atoms with E-state index in [2.05, 4.69) is 6.92 Å². The number of unbranched alkanes of at least 4 members (excludes halogenated alkanes) is 15. The third-order valence-electron chi connectivity index (χ3n) is 4.62. The zero-order valence-electron chi connectivity index (χ0n) is 15.4. The highest BCUT2D eigenvalue weighted by Gasteiger charge is 2.11. The fourth-order valence-electron chi connectivity index (χ4n) is 3.01. The maximum atomic E-state index is 10.4. The Balaban J connectivity index is 3.04. The SMILES string of the molecule is CCCCCCCCCCCCCCCCCCC(O)C(=O)O. The van der Waals surface area contributed by atoms with Crippen molar-refractivity contribution in [1.29, 1.82) is 0 Å². The smallest absolute Gasteiger partial charge is 0.332 e. The lowest BCUT2D eigenvalue weighted by Gasteiger charge is -2.05. The van der Waals surface area contributed by atoms with Gasteiger partial charge in [-0.2, -0.15) is 0 Å². The first-order chi connectivity index (χ1) is 11.2. The fraction of sp³-hybridized carbons (Fsp3) is 0.950. The number of hydrogen-bond donors (Lipinski definition) is 2. The van der Waals surface area contributed by atoms with Crippen molar-refractivity contribution in [1.82, 2.24) is 0 Å². The summed E-state index contributed by atoms with van der Waals surface area (Å²) in [5.74, 6) is -1.09. The number of aliphatic hydroxyl groups is 1. The van der Waals surface area contributed by atoms with Crippen LogP contribution in [0.15, 0.2) is 0 Å². The topological polar surface area (TPSA) is 57.5 Å². The Morgan fingerprint density at radius 2 is 0.957 bits per heavy atom. The first kappa shape index (κ1) is 22.4. The van der Waals surface area contributed by atoms with E-state index in [0.717, 1.165) is 12.8 Å². The van der Waals surface area contributed by atoms with Gasteiger partial charge >= 0.3 is 5.97 Å². The van der Waals surface area contributed by atoms with Gasteiger partial charge in [0.15, 0.2) is 6.10 Å². The van der Waals surface area contributed by atoms with Crippen LogP contribution in [0.5, 0.6) is 0 Å². The lowest BCUT2D eigenvalue weighted by atomic mass is 10.0. The number of aliphatic carboxylic acids is 1. The molecule has 0 saturated heterocycles. The Hall–Kier alpha value is -0.570. The van der Waals surface area contributed by atoms with Gasteiger partial charge in [-0.3, -0.25) is 0 Å². The summed E-state index contributed by atoms with van der Waals surface area (Å²) >= 11 is 0. The highest BCUT2D eigenvalue weighted by Crippen LogP contribution is 2.14. The van der Waals surface area contributed by atoms with Gasteiger partial charge < -0.3 is 10.2 Å². The summed E-state index contributed by atoms with van der Waals surface area (Å²) in [5.41, 5.74) is 0. The van der Waals surface area contributed by atoms with E-state index in [-0.39, 0.29) is 0 Å². The summed E-state index contributed by atoms with van der Waals surface area (Å²) in [5, 5.41) is 17.7. The molecule has 0 radical (unpaired) electrons. The number of hydrogen-bond acceptors (Lipinski definition) is 2. The molecule has 23 heavy (non-hydrogen) atoms. The number of carboxylic acid groups (broad SMARTS) is 1. The molecule has 0 aliphatic rings. The van der Waals surface area contributed by atoms with Crippen LogP contribution in [0, 0.1) is 0 Å². The zero-order valence-corrected chi connectivity index (χ0v) is 15.4. The van der Waals surface area contributed by atoms with Crippen LogP contribution in [-0.4, -0.2) is 22.3 Å². The largest absolute Gasteiger partial charge is 0.479 e. The van der Waals surface area contributed by atoms with E-state index in [1.54, 1.807) is 0 Å². The normalized spacial score (nSPS) is 12.4. The van der Waals surface area contributed by atoms with Crippen LogP contribution < -0.4 is 0 Å². The van der Waals surface area contributed by atoms with Crippen molar-refractivity contribution >= 4 is 5.97 Å². The lowest BCUT2D eigenvalue weighted by Crippen LogP contribution is -2.18. The lowest BCUT2D eigenvalue weighted by molar-refractivity contribution is -0.146. The van der Waals surface area contributed by atoms with Crippen LogP contribution in [0.25, 0.3) is 0 Å². The molecule has 0 bridgehead atoms. The Kier molecular flexibility index (Phi) is 17.3. The molecular weight excluding hydrogens is 288 g/mol. The van der Waals surface area contributed by atoms with Crippen LogP contribution in [0.4, 0.5) is 0 Å². The molecule has 0 rings (SSSR count). The van der Waals surface area contributed by atoms with Gasteiger partial charge in [0.2, 0.25) is 0 Å². The van der Waals surface area contributed by atoms with Gasteiger partial charge in [0.25, 0.3) is 0 Å². The summed E-state index contributed by atoms with van der Waals surface area (Å²) in [6.45, 7) is 2.27. The Morgan fingerprint density at radius 3 is 1.26 bits per heavy atom. The first-order valence-electron chi connectivity index (χ1n) is 10.1. The van der Waals surface area contributed by atoms with Crippen LogP contribution in [0.3, 0.4) is 0 Å².